The Labute approximate surface area is 119 Å². The average Bonchev–Trinajstić information content (AvgIpc) is 2.92. The van der Waals surface area contributed by atoms with Crippen LogP contribution in [0.25, 0.3) is 0 Å². The number of nitrogens with one attached hydrogen (secondary N) is 2. The fourth-order valence-electron chi connectivity index (χ4n) is 2.56. The van der Waals surface area contributed by atoms with Gasteiger partial charge in [-0.15, -0.1) is 0 Å². The molecule has 0 spiro atoms. The largest absolute Gasteiger partial charge is 0.378 e. The lowest BCUT2D eigenvalue weighted by atomic mass is 10.1. The van der Waals surface area contributed by atoms with Gasteiger partial charge in [0.25, 0.3) is 0 Å². The van der Waals surface area contributed by atoms with Gasteiger partial charge in [0.15, 0.2) is 0 Å². The minimum absolute atomic E-state index is 0.742. The smallest absolute Gasteiger partial charge is 0.128 e. The predicted molar refractivity (Wildman–Crippen MR) is 81.0 cm³/mol. The van der Waals surface area contributed by atoms with Gasteiger partial charge in [0, 0.05) is 13.1 Å². The van der Waals surface area contributed by atoms with E-state index in [9.17, 15) is 0 Å². The third-order valence-electron chi connectivity index (χ3n) is 3.67. The highest BCUT2D eigenvalue weighted by Gasteiger charge is 2.11. The summed E-state index contributed by atoms with van der Waals surface area (Å²) in [6.45, 7) is 4.96. The molecule has 0 radical (unpaired) electrons. The maximum atomic E-state index is 4.56. The first-order chi connectivity index (χ1) is 9.81. The molecule has 2 N–H and O–H groups in total. The van der Waals surface area contributed by atoms with E-state index >= 15 is 0 Å². The number of aryl methyl sites for hydroxylation is 1. The number of rotatable bonds is 4. The topological polar surface area (TPSA) is 56.8 Å². The number of anilines is 2. The van der Waals surface area contributed by atoms with Crippen LogP contribution >= 0.6 is 0 Å². The van der Waals surface area contributed by atoms with Crippen LogP contribution in [0.2, 0.25) is 0 Å². The Hall–Kier alpha value is -2.04. The molecule has 5 nitrogen and oxygen atoms in total. The van der Waals surface area contributed by atoms with Crippen LogP contribution in [-0.4, -0.2) is 28.0 Å². The number of H-pyrrole nitrogens is 1. The molecule has 0 aliphatic carbocycles. The van der Waals surface area contributed by atoms with Crippen molar-refractivity contribution in [2.24, 2.45) is 0 Å². The van der Waals surface area contributed by atoms with Crippen molar-refractivity contribution in [3.8, 4) is 0 Å². The van der Waals surface area contributed by atoms with Gasteiger partial charge in [-0.2, -0.15) is 0 Å². The van der Waals surface area contributed by atoms with Crippen LogP contribution in [0.5, 0.6) is 0 Å². The number of piperidine rings is 1. The lowest BCUT2D eigenvalue weighted by Crippen LogP contribution is -2.30. The Balaban J connectivity index is 1.58. The summed E-state index contributed by atoms with van der Waals surface area (Å²) < 4.78 is 0. The normalized spacial score (nSPS) is 15.3. The SMILES string of the molecule is Cc1ncc(CNc2ccc(N3CCCCC3)nc2)[nH]1. The molecule has 1 aliphatic rings. The van der Waals surface area contributed by atoms with Crippen molar-refractivity contribution in [1.29, 1.82) is 0 Å². The van der Waals surface area contributed by atoms with Crippen LogP contribution in [-0.2, 0) is 6.54 Å². The Kier molecular flexibility index (Phi) is 3.85. The first-order valence-corrected chi connectivity index (χ1v) is 7.26. The number of nitrogens with zero attached hydrogens (tertiary/aromatic N) is 3. The summed E-state index contributed by atoms with van der Waals surface area (Å²) in [6.07, 6.45) is 7.67. The molecule has 0 unspecified atom stereocenters. The Morgan fingerprint density at radius 1 is 1.15 bits per heavy atom. The van der Waals surface area contributed by atoms with Crippen LogP contribution in [0, 0.1) is 6.92 Å². The van der Waals surface area contributed by atoms with Crippen molar-refractivity contribution >= 4 is 11.5 Å². The molecule has 0 bridgehead atoms. The third-order valence-corrected chi connectivity index (χ3v) is 3.67. The Morgan fingerprint density at radius 2 is 2.00 bits per heavy atom. The molecule has 1 fully saturated rings. The zero-order valence-electron chi connectivity index (χ0n) is 11.9. The van der Waals surface area contributed by atoms with Crippen molar-refractivity contribution in [3.63, 3.8) is 0 Å². The quantitative estimate of drug-likeness (QED) is 0.897. The van der Waals surface area contributed by atoms with Crippen LogP contribution in [0.15, 0.2) is 24.5 Å². The zero-order chi connectivity index (χ0) is 13.8. The minimum Gasteiger partial charge on any atom is -0.378 e. The minimum atomic E-state index is 0.742. The number of aromatic nitrogens is 3. The highest BCUT2D eigenvalue weighted by Crippen LogP contribution is 2.19. The number of imidazole rings is 1. The molecular weight excluding hydrogens is 250 g/mol. The molecule has 2 aromatic heterocycles. The maximum absolute atomic E-state index is 4.56. The van der Waals surface area contributed by atoms with E-state index < -0.39 is 0 Å². The number of hydrogen-bond acceptors (Lipinski definition) is 4. The molecule has 2 aromatic rings. The number of pyridine rings is 1. The van der Waals surface area contributed by atoms with Gasteiger partial charge in [0.05, 0.1) is 30.3 Å². The Morgan fingerprint density at radius 3 is 2.65 bits per heavy atom. The summed E-state index contributed by atoms with van der Waals surface area (Å²) in [4.78, 5) is 14.3. The van der Waals surface area contributed by atoms with Gasteiger partial charge < -0.3 is 15.2 Å². The third kappa shape index (κ3) is 3.10. The predicted octanol–water partition coefficient (Wildman–Crippen LogP) is 2.72. The lowest BCUT2D eigenvalue weighted by molar-refractivity contribution is 0.573. The molecule has 3 heterocycles. The molecule has 0 saturated carbocycles. The zero-order valence-corrected chi connectivity index (χ0v) is 11.9. The van der Waals surface area contributed by atoms with Gasteiger partial charge >= 0.3 is 0 Å². The molecule has 0 aromatic carbocycles. The first-order valence-electron chi connectivity index (χ1n) is 7.26. The fourth-order valence-corrected chi connectivity index (χ4v) is 2.56. The second-order valence-corrected chi connectivity index (χ2v) is 5.30. The van der Waals surface area contributed by atoms with E-state index in [4.69, 9.17) is 0 Å². The van der Waals surface area contributed by atoms with E-state index in [0.717, 1.165) is 42.7 Å². The van der Waals surface area contributed by atoms with Gasteiger partial charge in [-0.1, -0.05) is 0 Å². The summed E-state index contributed by atoms with van der Waals surface area (Å²) in [5, 5.41) is 3.35. The van der Waals surface area contributed by atoms with Gasteiger partial charge in [-0.3, -0.25) is 0 Å². The van der Waals surface area contributed by atoms with Gasteiger partial charge in [-0.05, 0) is 38.3 Å². The van der Waals surface area contributed by atoms with Gasteiger partial charge in [0.1, 0.15) is 11.6 Å². The molecule has 0 atom stereocenters. The summed E-state index contributed by atoms with van der Waals surface area (Å²) in [7, 11) is 0. The highest BCUT2D eigenvalue weighted by atomic mass is 15.2. The van der Waals surface area contributed by atoms with E-state index in [1.54, 1.807) is 0 Å². The van der Waals surface area contributed by atoms with Crippen molar-refractivity contribution in [3.05, 3.63) is 36.0 Å². The Bertz CT molecular complexity index is 540. The van der Waals surface area contributed by atoms with E-state index in [1.807, 2.05) is 19.3 Å². The van der Waals surface area contributed by atoms with Crippen LogP contribution < -0.4 is 10.2 Å². The summed E-state index contributed by atoms with van der Waals surface area (Å²) >= 11 is 0. The van der Waals surface area contributed by atoms with Crippen molar-refractivity contribution in [2.45, 2.75) is 32.7 Å². The average molecular weight is 271 g/mol. The van der Waals surface area contributed by atoms with Crippen molar-refractivity contribution in [2.75, 3.05) is 23.3 Å². The van der Waals surface area contributed by atoms with E-state index in [-0.39, 0.29) is 0 Å². The monoisotopic (exact) mass is 271 g/mol. The van der Waals surface area contributed by atoms with Crippen molar-refractivity contribution < 1.29 is 0 Å². The summed E-state index contributed by atoms with van der Waals surface area (Å²) in [5.41, 5.74) is 2.13. The fraction of sp³-hybridized carbons (Fsp3) is 0.467. The van der Waals surface area contributed by atoms with E-state index in [0.29, 0.717) is 0 Å². The molecule has 0 amide bonds. The van der Waals surface area contributed by atoms with E-state index in [1.165, 1.54) is 19.3 Å². The number of hydrogen-bond donors (Lipinski definition) is 2. The molecule has 3 rings (SSSR count). The van der Waals surface area contributed by atoms with Gasteiger partial charge in [0.2, 0.25) is 0 Å². The van der Waals surface area contributed by atoms with E-state index in [2.05, 4.69) is 37.3 Å². The standard InChI is InChI=1S/C15H21N5/c1-12-16-10-14(19-12)11-17-13-5-6-15(18-9-13)20-7-3-2-4-8-20/h5-6,9-10,17H,2-4,7-8,11H2,1H3,(H,16,19). The van der Waals surface area contributed by atoms with Crippen LogP contribution in [0.4, 0.5) is 11.5 Å². The molecule has 5 heteroatoms. The second-order valence-electron chi connectivity index (χ2n) is 5.30. The van der Waals surface area contributed by atoms with Gasteiger partial charge in [-0.25, -0.2) is 9.97 Å². The summed E-state index contributed by atoms with van der Waals surface area (Å²) in [6, 6.07) is 4.20. The molecule has 106 valence electrons. The van der Waals surface area contributed by atoms with Crippen LogP contribution in [0.3, 0.4) is 0 Å². The molecule has 1 saturated heterocycles. The molecular formula is C15H21N5. The maximum Gasteiger partial charge on any atom is 0.128 e. The molecule has 20 heavy (non-hydrogen) atoms. The number of aromatic amines is 1. The van der Waals surface area contributed by atoms with Crippen LogP contribution in [0.1, 0.15) is 30.8 Å². The first kappa shape index (κ1) is 13.0. The second kappa shape index (κ2) is 5.94. The van der Waals surface area contributed by atoms with Crippen molar-refractivity contribution in [1.82, 2.24) is 15.0 Å². The molecule has 1 aliphatic heterocycles. The lowest BCUT2D eigenvalue weighted by Gasteiger charge is -2.27. The summed E-state index contributed by atoms with van der Waals surface area (Å²) in [5.74, 6) is 2.04. The highest BCUT2D eigenvalue weighted by molar-refractivity contribution is 5.48.